The second-order valence-electron chi connectivity index (χ2n) is 2.76. The standard InChI is InChI=1S/C9H8I3NO2.Na/c1-2-6(14)13-8-4(10)3-5(11)9(15)7(8)12;/h3,15H,2H2,1H3,(H,13,14);/q;+1/p-1. The molecule has 0 saturated heterocycles. The topological polar surface area (TPSA) is 52.2 Å². The molecule has 0 saturated carbocycles. The molecule has 0 aliphatic rings. The van der Waals surface area contributed by atoms with Gasteiger partial charge in [-0.25, -0.2) is 0 Å². The molecule has 0 radical (unpaired) electrons. The Labute approximate surface area is 157 Å². The summed E-state index contributed by atoms with van der Waals surface area (Å²) in [6.07, 6.45) is 0.409. The summed E-state index contributed by atoms with van der Waals surface area (Å²) in [7, 11) is 0. The molecule has 1 N–H and O–H groups in total. The molecule has 0 unspecified atom stereocenters. The number of benzene rings is 1. The van der Waals surface area contributed by atoms with Crippen LogP contribution in [0.1, 0.15) is 13.3 Å². The number of hydrogen-bond donors (Lipinski definition) is 1. The van der Waals surface area contributed by atoms with Crippen LogP contribution in [0.4, 0.5) is 5.69 Å². The Kier molecular flexibility index (Phi) is 8.81. The van der Waals surface area contributed by atoms with Gasteiger partial charge >= 0.3 is 29.6 Å². The third-order valence-electron chi connectivity index (χ3n) is 1.71. The Morgan fingerprint density at radius 1 is 1.38 bits per heavy atom. The van der Waals surface area contributed by atoms with Crippen LogP contribution >= 0.6 is 67.8 Å². The molecule has 1 rings (SSSR count). The molecule has 0 aliphatic heterocycles. The minimum atomic E-state index is -0.0774. The summed E-state index contributed by atoms with van der Waals surface area (Å²) < 4.78 is 2.14. The molecule has 3 nitrogen and oxygen atoms in total. The van der Waals surface area contributed by atoms with E-state index in [1.54, 1.807) is 13.0 Å². The van der Waals surface area contributed by atoms with Crippen LogP contribution in [-0.4, -0.2) is 5.91 Å². The van der Waals surface area contributed by atoms with Crippen LogP contribution in [0, 0.1) is 10.7 Å². The van der Waals surface area contributed by atoms with Crippen molar-refractivity contribution in [2.75, 3.05) is 5.32 Å². The van der Waals surface area contributed by atoms with Crippen molar-refractivity contribution in [1.29, 1.82) is 0 Å². The van der Waals surface area contributed by atoms with Gasteiger partial charge in [-0.3, -0.25) is 4.79 Å². The van der Waals surface area contributed by atoms with Crippen molar-refractivity contribution in [2.45, 2.75) is 13.3 Å². The first kappa shape index (κ1) is 17.7. The van der Waals surface area contributed by atoms with Gasteiger partial charge in [0.2, 0.25) is 5.91 Å². The Bertz CT molecular complexity index is 412. The zero-order chi connectivity index (χ0) is 11.6. The van der Waals surface area contributed by atoms with Gasteiger partial charge < -0.3 is 10.4 Å². The van der Waals surface area contributed by atoms with Crippen molar-refractivity contribution < 1.29 is 39.5 Å². The smallest absolute Gasteiger partial charge is 0.871 e. The minimum absolute atomic E-state index is 0. The van der Waals surface area contributed by atoms with Crippen molar-refractivity contribution >= 4 is 79.4 Å². The molecular formula is C9H7I3NNaO2. The van der Waals surface area contributed by atoms with Gasteiger partial charge in [0, 0.05) is 17.1 Å². The summed E-state index contributed by atoms with van der Waals surface area (Å²) in [6.45, 7) is 1.78. The molecule has 0 aliphatic carbocycles. The molecule has 7 heteroatoms. The number of hydrogen-bond acceptors (Lipinski definition) is 2. The summed E-state index contributed by atoms with van der Waals surface area (Å²) in [5.41, 5.74) is 0.633. The number of anilines is 1. The van der Waals surface area contributed by atoms with E-state index in [0.717, 1.165) is 3.57 Å². The zero-order valence-electron chi connectivity index (χ0n) is 8.73. The van der Waals surface area contributed by atoms with Gasteiger partial charge in [-0.15, -0.1) is 0 Å². The van der Waals surface area contributed by atoms with Crippen molar-refractivity contribution in [3.05, 3.63) is 16.8 Å². The minimum Gasteiger partial charge on any atom is -0.871 e. The molecule has 16 heavy (non-hydrogen) atoms. The maximum absolute atomic E-state index is 11.6. The number of nitrogens with one attached hydrogen (secondary N) is 1. The van der Waals surface area contributed by atoms with E-state index in [4.69, 9.17) is 0 Å². The molecule has 1 amide bonds. The summed E-state index contributed by atoms with van der Waals surface area (Å²) >= 11 is 6.08. The maximum atomic E-state index is 11.6. The summed E-state index contributed by atoms with van der Waals surface area (Å²) in [5.74, 6) is -0.102. The summed E-state index contributed by atoms with van der Waals surface area (Å²) in [6, 6.07) is 1.77. The second kappa shape index (κ2) is 7.97. The van der Waals surface area contributed by atoms with E-state index in [2.05, 4.69) is 27.9 Å². The van der Waals surface area contributed by atoms with Gasteiger partial charge in [0.15, 0.2) is 0 Å². The van der Waals surface area contributed by atoms with E-state index in [9.17, 15) is 9.90 Å². The van der Waals surface area contributed by atoms with Crippen molar-refractivity contribution in [1.82, 2.24) is 0 Å². The Balaban J connectivity index is 0.00000225. The van der Waals surface area contributed by atoms with Gasteiger partial charge in [0.25, 0.3) is 0 Å². The molecule has 1 aromatic carbocycles. The van der Waals surface area contributed by atoms with Crippen molar-refractivity contribution in [2.24, 2.45) is 0 Å². The first-order valence-corrected chi connectivity index (χ1v) is 7.35. The normalized spacial score (nSPS) is 9.50. The molecule has 0 fully saturated rings. The molecular weight excluding hydrogens is 558 g/mol. The number of carbonyl (C=O) groups excluding carboxylic acids is 1. The quantitative estimate of drug-likeness (QED) is 0.404. The first-order chi connectivity index (χ1) is 6.97. The molecule has 0 spiro atoms. The number of rotatable bonds is 2. The zero-order valence-corrected chi connectivity index (χ0v) is 17.2. The van der Waals surface area contributed by atoms with Gasteiger partial charge in [0.05, 0.1) is 5.69 Å². The van der Waals surface area contributed by atoms with Crippen LogP contribution < -0.4 is 40.0 Å². The molecule has 0 bridgehead atoms. The Morgan fingerprint density at radius 3 is 2.44 bits per heavy atom. The number of halogens is 3. The van der Waals surface area contributed by atoms with E-state index in [-0.39, 0.29) is 41.2 Å². The average molecular weight is 565 g/mol. The van der Waals surface area contributed by atoms with Crippen LogP contribution in [0.15, 0.2) is 6.07 Å². The number of carbonyl (C=O) groups is 1. The molecule has 0 aromatic heterocycles. The molecule has 1 aromatic rings. The van der Waals surface area contributed by atoms with Gasteiger partial charge in [0.1, 0.15) is 0 Å². The van der Waals surface area contributed by atoms with Gasteiger partial charge in [-0.05, 0) is 73.8 Å². The van der Waals surface area contributed by atoms with Gasteiger partial charge in [-0.2, -0.15) is 0 Å². The van der Waals surface area contributed by atoms with E-state index in [1.807, 2.05) is 45.2 Å². The predicted molar refractivity (Wildman–Crippen MR) is 83.0 cm³/mol. The average Bonchev–Trinajstić information content (AvgIpc) is 2.21. The third-order valence-corrected chi connectivity index (χ3v) is 4.39. The summed E-state index contributed by atoms with van der Waals surface area (Å²) in [5, 5.41) is 14.4. The van der Waals surface area contributed by atoms with Crippen LogP contribution in [-0.2, 0) is 4.79 Å². The van der Waals surface area contributed by atoms with E-state index in [0.29, 0.717) is 19.2 Å². The SMILES string of the molecule is CCC(=O)Nc1c(I)cc(I)c([O-])c1I.[Na+]. The van der Waals surface area contributed by atoms with Crippen molar-refractivity contribution in [3.63, 3.8) is 0 Å². The van der Waals surface area contributed by atoms with E-state index < -0.39 is 0 Å². The van der Waals surface area contributed by atoms with Crippen molar-refractivity contribution in [3.8, 4) is 5.75 Å². The van der Waals surface area contributed by atoms with E-state index in [1.165, 1.54) is 0 Å². The largest absolute Gasteiger partial charge is 1.00 e. The monoisotopic (exact) mass is 565 g/mol. The van der Waals surface area contributed by atoms with Crippen LogP contribution in [0.3, 0.4) is 0 Å². The second-order valence-corrected chi connectivity index (χ2v) is 6.16. The summed E-state index contributed by atoms with van der Waals surface area (Å²) in [4.78, 5) is 11.3. The van der Waals surface area contributed by atoms with Crippen LogP contribution in [0.2, 0.25) is 0 Å². The fourth-order valence-corrected chi connectivity index (χ4v) is 4.56. The Morgan fingerprint density at radius 2 is 1.94 bits per heavy atom. The fraction of sp³-hybridized carbons (Fsp3) is 0.222. The Hall–Kier alpha value is 1.68. The van der Waals surface area contributed by atoms with Crippen LogP contribution in [0.25, 0.3) is 0 Å². The fourth-order valence-electron chi connectivity index (χ4n) is 0.915. The number of amides is 1. The molecule has 82 valence electrons. The molecule has 0 heterocycles. The van der Waals surface area contributed by atoms with Gasteiger partial charge in [-0.1, -0.05) is 12.7 Å². The van der Waals surface area contributed by atoms with E-state index >= 15 is 0 Å². The molecule has 0 atom stereocenters. The predicted octanol–water partition coefficient (Wildman–Crippen LogP) is -0.0735. The third kappa shape index (κ3) is 4.41. The van der Waals surface area contributed by atoms with Crippen LogP contribution in [0.5, 0.6) is 5.75 Å². The first-order valence-electron chi connectivity index (χ1n) is 4.11. The maximum Gasteiger partial charge on any atom is 1.00 e.